The maximum atomic E-state index is 13.2. The van der Waals surface area contributed by atoms with Gasteiger partial charge in [0.1, 0.15) is 0 Å². The number of fused-ring (bicyclic) bond motifs is 3. The fraction of sp³-hybridized carbons (Fsp3) is 0.750. The number of aryl methyl sites for hydroxylation is 1. The van der Waals surface area contributed by atoms with Gasteiger partial charge in [-0.05, 0) is 25.2 Å². The molecule has 1 aliphatic carbocycles. The molecule has 0 radical (unpaired) electrons. The molecule has 148 valence electrons. The number of anilines is 1. The van der Waals surface area contributed by atoms with E-state index >= 15 is 0 Å². The summed E-state index contributed by atoms with van der Waals surface area (Å²) in [6.07, 6.45) is 7.99. The van der Waals surface area contributed by atoms with Crippen LogP contribution in [0.5, 0.6) is 0 Å². The van der Waals surface area contributed by atoms with Crippen LogP contribution in [0.1, 0.15) is 58.8 Å². The predicted molar refractivity (Wildman–Crippen MR) is 108 cm³/mol. The second-order valence-corrected chi connectivity index (χ2v) is 8.40. The molecule has 7 heteroatoms. The van der Waals surface area contributed by atoms with Crippen LogP contribution in [0.4, 0.5) is 5.95 Å². The van der Waals surface area contributed by atoms with Gasteiger partial charge in [0.25, 0.3) is 5.56 Å². The molecule has 0 N–H and O–H groups in total. The second-order valence-electron chi connectivity index (χ2n) is 8.40. The first-order chi connectivity index (χ1) is 13.0. The molecule has 2 aromatic rings. The second kappa shape index (κ2) is 7.17. The standard InChI is InChI=1S/C20H31N5O2/c1-4-5-11-23-18(26)16-17(22(3)20(23)27)21-19-24(12-14(2)13-25(16)19)15-9-7-6-8-10-15/h14-15H,4-13H2,1-3H3/t14-/m0/s1. The Morgan fingerprint density at radius 2 is 1.85 bits per heavy atom. The third kappa shape index (κ3) is 3.01. The summed E-state index contributed by atoms with van der Waals surface area (Å²) in [4.78, 5) is 33.2. The molecule has 0 amide bonds. The molecular weight excluding hydrogens is 342 g/mol. The summed E-state index contributed by atoms with van der Waals surface area (Å²) < 4.78 is 5.04. The molecular formula is C20H31N5O2. The van der Waals surface area contributed by atoms with Crippen LogP contribution in [0.3, 0.4) is 0 Å². The summed E-state index contributed by atoms with van der Waals surface area (Å²) in [5.74, 6) is 1.34. The Hall–Kier alpha value is -2.05. The highest BCUT2D eigenvalue weighted by atomic mass is 16.2. The number of rotatable bonds is 4. The maximum absolute atomic E-state index is 13.2. The Balaban J connectivity index is 1.90. The first-order valence-electron chi connectivity index (χ1n) is 10.5. The van der Waals surface area contributed by atoms with Gasteiger partial charge < -0.3 is 9.47 Å². The van der Waals surface area contributed by atoms with E-state index in [9.17, 15) is 9.59 Å². The zero-order chi connectivity index (χ0) is 19.1. The summed E-state index contributed by atoms with van der Waals surface area (Å²) >= 11 is 0. The molecule has 1 saturated carbocycles. The van der Waals surface area contributed by atoms with Gasteiger partial charge in [-0.1, -0.05) is 39.5 Å². The normalized spacial score (nSPS) is 21.0. The Labute approximate surface area is 159 Å². The van der Waals surface area contributed by atoms with Gasteiger partial charge in [-0.15, -0.1) is 0 Å². The number of hydrogen-bond acceptors (Lipinski definition) is 4. The average molecular weight is 374 g/mol. The van der Waals surface area contributed by atoms with E-state index in [1.807, 2.05) is 0 Å². The quantitative estimate of drug-likeness (QED) is 0.826. The Kier molecular flexibility index (Phi) is 4.86. The molecule has 0 saturated heterocycles. The van der Waals surface area contributed by atoms with Crippen molar-refractivity contribution in [3.63, 3.8) is 0 Å². The number of hydrogen-bond donors (Lipinski definition) is 0. The lowest BCUT2D eigenvalue weighted by atomic mass is 9.93. The number of imidazole rings is 1. The number of aromatic nitrogens is 4. The van der Waals surface area contributed by atoms with Crippen LogP contribution < -0.4 is 16.1 Å². The van der Waals surface area contributed by atoms with E-state index in [2.05, 4.69) is 23.3 Å². The van der Waals surface area contributed by atoms with Crippen LogP contribution in [0.25, 0.3) is 11.2 Å². The summed E-state index contributed by atoms with van der Waals surface area (Å²) in [7, 11) is 1.74. The number of unbranched alkanes of at least 4 members (excludes halogenated alkanes) is 1. The van der Waals surface area contributed by atoms with Gasteiger partial charge in [0.05, 0.1) is 0 Å². The van der Waals surface area contributed by atoms with Crippen molar-refractivity contribution in [2.75, 3.05) is 11.4 Å². The van der Waals surface area contributed by atoms with Crippen LogP contribution in [0.15, 0.2) is 9.59 Å². The van der Waals surface area contributed by atoms with Gasteiger partial charge in [-0.25, -0.2) is 4.79 Å². The minimum Gasteiger partial charge on any atom is -0.339 e. The van der Waals surface area contributed by atoms with Crippen molar-refractivity contribution in [1.82, 2.24) is 18.7 Å². The molecule has 27 heavy (non-hydrogen) atoms. The lowest BCUT2D eigenvalue weighted by molar-refractivity contribution is 0.354. The minimum absolute atomic E-state index is 0.182. The van der Waals surface area contributed by atoms with Crippen molar-refractivity contribution in [2.24, 2.45) is 13.0 Å². The van der Waals surface area contributed by atoms with Crippen molar-refractivity contribution in [3.05, 3.63) is 20.8 Å². The van der Waals surface area contributed by atoms with E-state index in [0.29, 0.717) is 29.7 Å². The molecule has 0 bridgehead atoms. The zero-order valence-corrected chi connectivity index (χ0v) is 16.8. The van der Waals surface area contributed by atoms with Crippen molar-refractivity contribution >= 4 is 17.1 Å². The third-order valence-corrected chi connectivity index (χ3v) is 6.22. The van der Waals surface area contributed by atoms with Crippen LogP contribution in [0, 0.1) is 5.92 Å². The Morgan fingerprint density at radius 3 is 2.56 bits per heavy atom. The van der Waals surface area contributed by atoms with E-state index in [1.165, 1.54) is 36.7 Å². The van der Waals surface area contributed by atoms with Crippen molar-refractivity contribution in [1.29, 1.82) is 0 Å². The zero-order valence-electron chi connectivity index (χ0n) is 16.8. The lowest BCUT2D eigenvalue weighted by Gasteiger charge is -2.40. The van der Waals surface area contributed by atoms with E-state index in [0.717, 1.165) is 31.9 Å². The van der Waals surface area contributed by atoms with E-state index in [1.54, 1.807) is 11.6 Å². The highest BCUT2D eigenvalue weighted by molar-refractivity contribution is 5.75. The summed E-state index contributed by atoms with van der Waals surface area (Å²) in [6, 6.07) is 0.497. The maximum Gasteiger partial charge on any atom is 0.332 e. The topological polar surface area (TPSA) is 65.1 Å². The van der Waals surface area contributed by atoms with Gasteiger partial charge in [-0.2, -0.15) is 4.98 Å². The first-order valence-corrected chi connectivity index (χ1v) is 10.5. The predicted octanol–water partition coefficient (Wildman–Crippen LogP) is 2.49. The smallest absolute Gasteiger partial charge is 0.332 e. The SMILES string of the molecule is CCCCn1c(=O)c2c(nc3n2C[C@@H](C)CN3C2CCCCC2)n(C)c1=O. The van der Waals surface area contributed by atoms with Crippen molar-refractivity contribution < 1.29 is 0 Å². The highest BCUT2D eigenvalue weighted by Gasteiger charge is 2.33. The highest BCUT2D eigenvalue weighted by Crippen LogP contribution is 2.32. The molecule has 0 aromatic carbocycles. The van der Waals surface area contributed by atoms with E-state index < -0.39 is 0 Å². The molecule has 2 aliphatic rings. The van der Waals surface area contributed by atoms with Gasteiger partial charge >= 0.3 is 5.69 Å². The first kappa shape index (κ1) is 18.3. The van der Waals surface area contributed by atoms with Gasteiger partial charge in [0.2, 0.25) is 5.95 Å². The molecule has 3 heterocycles. The van der Waals surface area contributed by atoms with Crippen LogP contribution in [-0.2, 0) is 20.1 Å². The summed E-state index contributed by atoms with van der Waals surface area (Å²) in [5, 5.41) is 0. The summed E-state index contributed by atoms with van der Waals surface area (Å²) in [6.45, 7) is 6.54. The molecule has 4 rings (SSSR count). The Bertz CT molecular complexity index is 948. The average Bonchev–Trinajstić information content (AvgIpc) is 3.06. The largest absolute Gasteiger partial charge is 0.339 e. The number of nitrogens with zero attached hydrogens (tertiary/aromatic N) is 5. The van der Waals surface area contributed by atoms with Crippen LogP contribution >= 0.6 is 0 Å². The van der Waals surface area contributed by atoms with Crippen molar-refractivity contribution in [3.8, 4) is 0 Å². The summed E-state index contributed by atoms with van der Waals surface area (Å²) in [5.41, 5.74) is 0.685. The molecule has 7 nitrogen and oxygen atoms in total. The fourth-order valence-corrected chi connectivity index (χ4v) is 4.76. The van der Waals surface area contributed by atoms with Gasteiger partial charge in [-0.3, -0.25) is 13.9 Å². The molecule has 2 aromatic heterocycles. The van der Waals surface area contributed by atoms with E-state index in [-0.39, 0.29) is 11.2 Å². The van der Waals surface area contributed by atoms with Crippen LogP contribution in [-0.4, -0.2) is 31.3 Å². The van der Waals surface area contributed by atoms with Crippen LogP contribution in [0.2, 0.25) is 0 Å². The molecule has 1 atom stereocenters. The van der Waals surface area contributed by atoms with Gasteiger partial charge in [0.15, 0.2) is 11.2 Å². The Morgan fingerprint density at radius 1 is 1.11 bits per heavy atom. The van der Waals surface area contributed by atoms with E-state index in [4.69, 9.17) is 4.98 Å². The molecule has 1 aliphatic heterocycles. The lowest BCUT2D eigenvalue weighted by Crippen LogP contribution is -2.45. The molecule has 0 unspecified atom stereocenters. The van der Waals surface area contributed by atoms with Crippen molar-refractivity contribution in [2.45, 2.75) is 77.9 Å². The minimum atomic E-state index is -0.256. The monoisotopic (exact) mass is 373 g/mol. The third-order valence-electron chi connectivity index (χ3n) is 6.22. The fourth-order valence-electron chi connectivity index (χ4n) is 4.76. The molecule has 1 fully saturated rings. The van der Waals surface area contributed by atoms with Gasteiger partial charge in [0, 0.05) is 32.7 Å². The molecule has 0 spiro atoms.